The maximum Gasteiger partial charge on any atom is 0.254 e. The first kappa shape index (κ1) is 19.9. The summed E-state index contributed by atoms with van der Waals surface area (Å²) in [5, 5.41) is 4.29. The molecule has 2 fully saturated rings. The minimum atomic E-state index is -0.225. The Hall–Kier alpha value is -2.99. The molecule has 5 rings (SSSR count). The van der Waals surface area contributed by atoms with E-state index in [-0.39, 0.29) is 23.7 Å². The molecule has 160 valence electrons. The summed E-state index contributed by atoms with van der Waals surface area (Å²) < 4.78 is 15.4. The second kappa shape index (κ2) is 8.27. The number of carbonyl (C=O) groups excluding carboxylic acids is 1. The quantitative estimate of drug-likeness (QED) is 0.649. The van der Waals surface area contributed by atoms with Gasteiger partial charge in [0.1, 0.15) is 5.82 Å². The molecule has 3 heterocycles. The van der Waals surface area contributed by atoms with Crippen LogP contribution in [0.4, 0.5) is 4.39 Å². The highest BCUT2D eigenvalue weighted by molar-refractivity contribution is 5.94. The molecule has 5 nitrogen and oxygen atoms in total. The third-order valence-corrected chi connectivity index (χ3v) is 6.76. The molecule has 2 saturated heterocycles. The van der Waals surface area contributed by atoms with E-state index in [1.165, 1.54) is 17.7 Å². The number of benzene rings is 2. The highest BCUT2D eigenvalue weighted by Gasteiger charge is 2.47. The minimum Gasteiger partial charge on any atom is -0.335 e. The van der Waals surface area contributed by atoms with Gasteiger partial charge in [0, 0.05) is 68.4 Å². The molecule has 2 aliphatic rings. The Kier molecular flexibility index (Phi) is 5.32. The van der Waals surface area contributed by atoms with Crippen LogP contribution in [-0.4, -0.2) is 51.2 Å². The Morgan fingerprint density at radius 3 is 2.58 bits per heavy atom. The molecular weight excluding hydrogens is 391 g/mol. The number of halogens is 1. The van der Waals surface area contributed by atoms with Gasteiger partial charge in [-0.3, -0.25) is 14.4 Å². The summed E-state index contributed by atoms with van der Waals surface area (Å²) in [6, 6.07) is 16.6. The molecule has 0 unspecified atom stereocenters. The number of carbonyl (C=O) groups is 1. The van der Waals surface area contributed by atoms with Gasteiger partial charge >= 0.3 is 0 Å². The maximum absolute atomic E-state index is 13.6. The molecule has 3 aromatic rings. The van der Waals surface area contributed by atoms with Crippen molar-refractivity contribution < 1.29 is 9.18 Å². The molecule has 0 spiro atoms. The van der Waals surface area contributed by atoms with Gasteiger partial charge in [0.05, 0.1) is 6.20 Å². The summed E-state index contributed by atoms with van der Waals surface area (Å²) in [6.45, 7) is 3.40. The maximum atomic E-state index is 13.6. The number of aryl methyl sites for hydroxylation is 1. The predicted molar refractivity (Wildman–Crippen MR) is 117 cm³/mol. The van der Waals surface area contributed by atoms with Crippen LogP contribution in [0.1, 0.15) is 33.8 Å². The third kappa shape index (κ3) is 4.00. The van der Waals surface area contributed by atoms with E-state index >= 15 is 0 Å². The molecule has 3 atom stereocenters. The van der Waals surface area contributed by atoms with Gasteiger partial charge in [0.15, 0.2) is 0 Å². The largest absolute Gasteiger partial charge is 0.335 e. The molecule has 0 saturated carbocycles. The molecule has 1 amide bonds. The summed E-state index contributed by atoms with van der Waals surface area (Å²) in [7, 11) is 1.93. The lowest BCUT2D eigenvalue weighted by atomic mass is 9.81. The van der Waals surface area contributed by atoms with Gasteiger partial charge in [-0.25, -0.2) is 4.39 Å². The molecule has 0 N–H and O–H groups in total. The van der Waals surface area contributed by atoms with Gasteiger partial charge < -0.3 is 4.90 Å². The van der Waals surface area contributed by atoms with E-state index < -0.39 is 0 Å². The monoisotopic (exact) mass is 418 g/mol. The van der Waals surface area contributed by atoms with Crippen molar-refractivity contribution in [2.24, 2.45) is 13.0 Å². The van der Waals surface area contributed by atoms with Gasteiger partial charge in [-0.05, 0) is 36.2 Å². The molecule has 2 aliphatic heterocycles. The van der Waals surface area contributed by atoms with Crippen LogP contribution in [0.25, 0.3) is 0 Å². The average Bonchev–Trinajstić information content (AvgIpc) is 3.37. The van der Waals surface area contributed by atoms with E-state index in [0.29, 0.717) is 12.5 Å². The zero-order chi connectivity index (χ0) is 21.4. The van der Waals surface area contributed by atoms with Crippen LogP contribution in [-0.2, 0) is 13.6 Å². The fourth-order valence-corrected chi connectivity index (χ4v) is 5.30. The molecule has 31 heavy (non-hydrogen) atoms. The number of rotatable bonds is 4. The fraction of sp³-hybridized carbons (Fsp3) is 0.360. The van der Waals surface area contributed by atoms with Crippen molar-refractivity contribution in [3.8, 4) is 0 Å². The highest BCUT2D eigenvalue weighted by Crippen LogP contribution is 2.42. The first-order valence-corrected chi connectivity index (χ1v) is 10.9. The van der Waals surface area contributed by atoms with Crippen LogP contribution in [0.2, 0.25) is 0 Å². The normalized spacial score (nSPS) is 23.7. The van der Waals surface area contributed by atoms with Gasteiger partial charge in [-0.15, -0.1) is 0 Å². The fourth-order valence-electron chi connectivity index (χ4n) is 5.30. The number of hydrogen-bond donors (Lipinski definition) is 0. The van der Waals surface area contributed by atoms with Gasteiger partial charge in [-0.2, -0.15) is 5.10 Å². The van der Waals surface area contributed by atoms with Gasteiger partial charge in [0.25, 0.3) is 5.91 Å². The molecule has 1 aromatic heterocycles. The van der Waals surface area contributed by atoms with E-state index in [9.17, 15) is 9.18 Å². The number of likely N-dealkylation sites (tertiary alicyclic amines) is 2. The summed E-state index contributed by atoms with van der Waals surface area (Å²) >= 11 is 0. The Balaban J connectivity index is 1.41. The lowest BCUT2D eigenvalue weighted by Crippen LogP contribution is -2.47. The molecule has 0 aliphatic carbocycles. The lowest BCUT2D eigenvalue weighted by molar-refractivity contribution is 0.0614. The first-order chi connectivity index (χ1) is 15.1. The van der Waals surface area contributed by atoms with Crippen LogP contribution >= 0.6 is 0 Å². The third-order valence-electron chi connectivity index (χ3n) is 6.76. The van der Waals surface area contributed by atoms with Crippen LogP contribution in [0.3, 0.4) is 0 Å². The van der Waals surface area contributed by atoms with E-state index in [4.69, 9.17) is 0 Å². The van der Waals surface area contributed by atoms with Crippen LogP contribution in [0.5, 0.6) is 0 Å². The second-order valence-corrected chi connectivity index (χ2v) is 8.76. The predicted octanol–water partition coefficient (Wildman–Crippen LogP) is 3.69. The van der Waals surface area contributed by atoms with E-state index in [0.717, 1.165) is 37.2 Å². The SMILES string of the molecule is Cn1cc(CN2CC[C@@H]3[C@H](C2)[C@@H](c2ccc(F)cc2)CN3C(=O)c2ccccc2)cn1. The van der Waals surface area contributed by atoms with E-state index in [1.807, 2.05) is 60.4 Å². The lowest BCUT2D eigenvalue weighted by Gasteiger charge is -2.39. The number of aromatic nitrogens is 2. The van der Waals surface area contributed by atoms with Crippen molar-refractivity contribution in [3.05, 3.63) is 89.5 Å². The van der Waals surface area contributed by atoms with Gasteiger partial charge in [0.2, 0.25) is 0 Å². The van der Waals surface area contributed by atoms with Crippen LogP contribution < -0.4 is 0 Å². The Morgan fingerprint density at radius 1 is 1.10 bits per heavy atom. The molecule has 2 aromatic carbocycles. The van der Waals surface area contributed by atoms with E-state index in [1.54, 1.807) is 0 Å². The Labute approximate surface area is 182 Å². The summed E-state index contributed by atoms with van der Waals surface area (Å²) in [5.74, 6) is 0.400. The number of fused-ring (bicyclic) bond motifs is 1. The van der Waals surface area contributed by atoms with E-state index in [2.05, 4.69) is 21.1 Å². The van der Waals surface area contributed by atoms with Crippen molar-refractivity contribution >= 4 is 5.91 Å². The smallest absolute Gasteiger partial charge is 0.254 e. The summed E-state index contributed by atoms with van der Waals surface area (Å²) in [5.41, 5.74) is 3.05. The van der Waals surface area contributed by atoms with Crippen molar-refractivity contribution in [2.45, 2.75) is 24.9 Å². The second-order valence-electron chi connectivity index (χ2n) is 8.76. The highest BCUT2D eigenvalue weighted by atomic mass is 19.1. The Morgan fingerprint density at radius 2 is 1.87 bits per heavy atom. The van der Waals surface area contributed by atoms with Crippen molar-refractivity contribution in [1.29, 1.82) is 0 Å². The van der Waals surface area contributed by atoms with Crippen molar-refractivity contribution in [3.63, 3.8) is 0 Å². The molecular formula is C25H27FN4O. The topological polar surface area (TPSA) is 41.4 Å². The molecule has 0 bridgehead atoms. The number of hydrogen-bond acceptors (Lipinski definition) is 3. The summed E-state index contributed by atoms with van der Waals surface area (Å²) in [4.78, 5) is 17.9. The average molecular weight is 419 g/mol. The zero-order valence-corrected chi connectivity index (χ0v) is 17.7. The van der Waals surface area contributed by atoms with Crippen LogP contribution in [0, 0.1) is 11.7 Å². The van der Waals surface area contributed by atoms with Crippen LogP contribution in [0.15, 0.2) is 67.0 Å². The number of piperidine rings is 1. The zero-order valence-electron chi connectivity index (χ0n) is 17.7. The molecule has 0 radical (unpaired) electrons. The minimum absolute atomic E-state index is 0.0981. The number of amides is 1. The first-order valence-electron chi connectivity index (χ1n) is 10.9. The van der Waals surface area contributed by atoms with Crippen molar-refractivity contribution in [1.82, 2.24) is 19.6 Å². The van der Waals surface area contributed by atoms with Crippen molar-refractivity contribution in [2.75, 3.05) is 19.6 Å². The molecule has 6 heteroatoms. The number of nitrogens with zero attached hydrogens (tertiary/aromatic N) is 4. The van der Waals surface area contributed by atoms with Gasteiger partial charge in [-0.1, -0.05) is 30.3 Å². The standard InChI is InChI=1S/C25H27FN4O/c1-28-14-18(13-27-28)15-29-12-11-24-23(16-29)22(19-7-9-21(26)10-8-19)17-30(24)25(31)20-5-3-2-4-6-20/h2-10,13-14,22-24H,11-12,15-17H2,1H3/t22-,23-,24-/m1/s1. The Bertz CT molecular complexity index is 1050. The summed E-state index contributed by atoms with van der Waals surface area (Å²) in [6.07, 6.45) is 4.92.